The molecule has 1 aliphatic carbocycles. The fourth-order valence-corrected chi connectivity index (χ4v) is 5.19. The van der Waals surface area contributed by atoms with Crippen LogP contribution in [0.4, 0.5) is 5.13 Å². The molecule has 1 saturated heterocycles. The van der Waals surface area contributed by atoms with E-state index >= 15 is 0 Å². The van der Waals surface area contributed by atoms with Gasteiger partial charge in [-0.2, -0.15) is 0 Å². The Bertz CT molecular complexity index is 1070. The second-order valence-electron chi connectivity index (χ2n) is 7.84. The Balaban J connectivity index is 1.36. The van der Waals surface area contributed by atoms with Gasteiger partial charge < -0.3 is 9.88 Å². The lowest BCUT2D eigenvalue weighted by Crippen LogP contribution is -2.36. The van der Waals surface area contributed by atoms with Crippen LogP contribution in [0.2, 0.25) is 0 Å². The Morgan fingerprint density at radius 3 is 2.82 bits per heavy atom. The van der Waals surface area contributed by atoms with Crippen LogP contribution in [-0.4, -0.2) is 28.3 Å². The first-order chi connectivity index (χ1) is 13.7. The van der Waals surface area contributed by atoms with Crippen molar-refractivity contribution in [3.05, 3.63) is 58.0 Å². The summed E-state index contributed by atoms with van der Waals surface area (Å²) in [4.78, 5) is 35.1. The number of aromatic nitrogens is 2. The van der Waals surface area contributed by atoms with Crippen molar-refractivity contribution in [1.82, 2.24) is 9.97 Å². The minimum Gasteiger partial charge on any atom is -0.338 e. The number of pyridine rings is 1. The summed E-state index contributed by atoms with van der Waals surface area (Å²) in [5.41, 5.74) is 2.63. The second kappa shape index (κ2) is 7.17. The van der Waals surface area contributed by atoms with Gasteiger partial charge in [0.15, 0.2) is 10.9 Å². The number of benzene rings is 1. The number of thiazole rings is 1. The van der Waals surface area contributed by atoms with Gasteiger partial charge in [0.1, 0.15) is 5.52 Å². The molecule has 0 amide bonds. The Labute approximate surface area is 167 Å². The molecule has 1 atom stereocenters. The van der Waals surface area contributed by atoms with Crippen molar-refractivity contribution < 1.29 is 4.79 Å². The summed E-state index contributed by atoms with van der Waals surface area (Å²) in [7, 11) is 0. The maximum atomic E-state index is 12.9. The van der Waals surface area contributed by atoms with Crippen molar-refractivity contribution in [3.63, 3.8) is 0 Å². The third-order valence-electron chi connectivity index (χ3n) is 5.79. The zero-order valence-corrected chi connectivity index (χ0v) is 16.5. The van der Waals surface area contributed by atoms with Crippen LogP contribution in [0.5, 0.6) is 0 Å². The number of H-pyrrole nitrogens is 1. The quantitative estimate of drug-likeness (QED) is 0.687. The molecule has 3 heterocycles. The fourth-order valence-electron chi connectivity index (χ4n) is 4.09. The van der Waals surface area contributed by atoms with E-state index in [4.69, 9.17) is 0 Å². The van der Waals surface area contributed by atoms with Gasteiger partial charge >= 0.3 is 0 Å². The van der Waals surface area contributed by atoms with E-state index in [1.165, 1.54) is 5.56 Å². The first-order valence-electron chi connectivity index (χ1n) is 10.1. The molecule has 2 fully saturated rings. The molecule has 0 bridgehead atoms. The van der Waals surface area contributed by atoms with Gasteiger partial charge in [-0.05, 0) is 49.7 Å². The number of Topliss-reactive ketones (excluding diaryl/α,β-unsaturated/α-hetero) is 1. The van der Waals surface area contributed by atoms with Gasteiger partial charge in [0, 0.05) is 18.7 Å². The Morgan fingerprint density at radius 1 is 1.21 bits per heavy atom. The smallest absolute Gasteiger partial charge is 0.275 e. The minimum atomic E-state index is -0.119. The van der Waals surface area contributed by atoms with Gasteiger partial charge in [0.2, 0.25) is 0 Å². The number of aromatic amines is 1. The van der Waals surface area contributed by atoms with Gasteiger partial charge in [0.05, 0.1) is 10.7 Å². The van der Waals surface area contributed by atoms with Crippen LogP contribution in [0, 0.1) is 0 Å². The topological polar surface area (TPSA) is 66.1 Å². The SMILES string of the molecule is O=C(CCc1ccccc1)[C@H]1CCCN1c1nc2c(=O)[nH]c(C3CC3)cc2s1. The second-order valence-corrected chi connectivity index (χ2v) is 8.85. The summed E-state index contributed by atoms with van der Waals surface area (Å²) in [5, 5.41) is 0.809. The van der Waals surface area contributed by atoms with Crippen LogP contribution in [-0.2, 0) is 11.2 Å². The molecular weight excluding hydrogens is 370 g/mol. The lowest BCUT2D eigenvalue weighted by atomic mass is 10.0. The molecule has 1 N–H and O–H groups in total. The monoisotopic (exact) mass is 393 g/mol. The molecule has 2 aromatic heterocycles. The van der Waals surface area contributed by atoms with Crippen LogP contribution >= 0.6 is 11.3 Å². The number of ketones is 1. The van der Waals surface area contributed by atoms with E-state index in [1.807, 2.05) is 18.2 Å². The largest absolute Gasteiger partial charge is 0.338 e. The maximum Gasteiger partial charge on any atom is 0.275 e. The molecule has 3 aromatic rings. The third kappa shape index (κ3) is 3.37. The van der Waals surface area contributed by atoms with Crippen LogP contribution in [0.1, 0.15) is 49.3 Å². The van der Waals surface area contributed by atoms with Crippen LogP contribution in [0.25, 0.3) is 10.2 Å². The van der Waals surface area contributed by atoms with Crippen LogP contribution in [0.15, 0.2) is 41.2 Å². The molecule has 0 spiro atoms. The number of carbonyl (C=O) groups is 1. The average molecular weight is 394 g/mol. The summed E-state index contributed by atoms with van der Waals surface area (Å²) in [5.74, 6) is 0.773. The van der Waals surface area contributed by atoms with Gasteiger partial charge in [-0.25, -0.2) is 4.98 Å². The lowest BCUT2D eigenvalue weighted by molar-refractivity contribution is -0.120. The Kier molecular flexibility index (Phi) is 4.51. The average Bonchev–Trinajstić information content (AvgIpc) is 3.28. The summed E-state index contributed by atoms with van der Waals surface area (Å²) in [6, 6.07) is 12.1. The van der Waals surface area contributed by atoms with Crippen molar-refractivity contribution in [2.75, 3.05) is 11.4 Å². The van der Waals surface area contributed by atoms with Gasteiger partial charge in [0.25, 0.3) is 5.56 Å². The molecule has 0 radical (unpaired) electrons. The summed E-state index contributed by atoms with van der Waals surface area (Å²) < 4.78 is 0.933. The predicted molar refractivity (Wildman–Crippen MR) is 112 cm³/mol. The van der Waals surface area contributed by atoms with E-state index < -0.39 is 0 Å². The zero-order valence-electron chi connectivity index (χ0n) is 15.7. The Hall–Kier alpha value is -2.47. The molecule has 6 heteroatoms. The summed E-state index contributed by atoms with van der Waals surface area (Å²) in [6.07, 6.45) is 5.47. The number of hydrogen-bond donors (Lipinski definition) is 1. The maximum absolute atomic E-state index is 12.9. The highest BCUT2D eigenvalue weighted by Gasteiger charge is 2.33. The van der Waals surface area contributed by atoms with Crippen LogP contribution < -0.4 is 10.5 Å². The molecule has 1 saturated carbocycles. The highest BCUT2D eigenvalue weighted by atomic mass is 32.1. The van der Waals surface area contributed by atoms with E-state index in [2.05, 4.69) is 33.1 Å². The lowest BCUT2D eigenvalue weighted by Gasteiger charge is -2.22. The van der Waals surface area contributed by atoms with Gasteiger partial charge in [-0.1, -0.05) is 41.7 Å². The molecule has 28 heavy (non-hydrogen) atoms. The van der Waals surface area contributed by atoms with Crippen LogP contribution in [0.3, 0.4) is 0 Å². The van der Waals surface area contributed by atoms with Crippen molar-refractivity contribution in [1.29, 1.82) is 0 Å². The highest BCUT2D eigenvalue weighted by molar-refractivity contribution is 7.22. The van der Waals surface area contributed by atoms with Crippen molar-refractivity contribution in [3.8, 4) is 0 Å². The first kappa shape index (κ1) is 17.6. The van der Waals surface area contributed by atoms with E-state index in [0.717, 1.165) is 54.2 Å². The third-order valence-corrected chi connectivity index (χ3v) is 6.83. The molecule has 5 nitrogen and oxygen atoms in total. The predicted octanol–water partition coefficient (Wildman–Crippen LogP) is 4.03. The number of rotatable bonds is 6. The first-order valence-corrected chi connectivity index (χ1v) is 10.9. The number of anilines is 1. The number of nitrogens with one attached hydrogen (secondary N) is 1. The molecule has 1 aliphatic heterocycles. The fraction of sp³-hybridized carbons (Fsp3) is 0.409. The highest BCUT2D eigenvalue weighted by Crippen LogP contribution is 2.40. The number of nitrogens with zero attached hydrogens (tertiary/aromatic N) is 2. The molecule has 5 rings (SSSR count). The number of fused-ring (bicyclic) bond motifs is 1. The molecule has 144 valence electrons. The standard InChI is InChI=1S/C22H23N3O2S/c26-18(11-8-14-5-2-1-3-6-14)17-7-4-12-25(17)22-24-20-19(28-22)13-16(15-9-10-15)23-21(20)27/h1-3,5-6,13,15,17H,4,7-12H2,(H,23,27)/t17-/m1/s1. The van der Waals surface area contributed by atoms with Gasteiger partial charge in [-0.3, -0.25) is 9.59 Å². The Morgan fingerprint density at radius 2 is 2.04 bits per heavy atom. The molecule has 1 aromatic carbocycles. The van der Waals surface area contributed by atoms with E-state index in [0.29, 0.717) is 17.9 Å². The van der Waals surface area contributed by atoms with Crippen molar-refractivity contribution >= 4 is 32.5 Å². The molecular formula is C22H23N3O2S. The van der Waals surface area contributed by atoms with E-state index in [-0.39, 0.29) is 17.4 Å². The summed E-state index contributed by atoms with van der Waals surface area (Å²) >= 11 is 1.55. The van der Waals surface area contributed by atoms with Crippen molar-refractivity contribution in [2.24, 2.45) is 0 Å². The number of hydrogen-bond acceptors (Lipinski definition) is 5. The summed E-state index contributed by atoms with van der Waals surface area (Å²) in [6.45, 7) is 0.828. The minimum absolute atomic E-state index is 0.104. The van der Waals surface area contributed by atoms with Crippen molar-refractivity contribution in [2.45, 2.75) is 50.5 Å². The number of aryl methyl sites for hydroxylation is 1. The van der Waals surface area contributed by atoms with E-state index in [9.17, 15) is 9.59 Å². The number of carbonyl (C=O) groups excluding carboxylic acids is 1. The van der Waals surface area contributed by atoms with E-state index in [1.54, 1.807) is 11.3 Å². The molecule has 2 aliphatic rings. The normalized spacial score (nSPS) is 19.4. The zero-order chi connectivity index (χ0) is 19.1. The van der Waals surface area contributed by atoms with Gasteiger partial charge in [-0.15, -0.1) is 0 Å². The molecule has 0 unspecified atom stereocenters.